The van der Waals surface area contributed by atoms with Crippen molar-refractivity contribution in [2.24, 2.45) is 7.05 Å². The Balaban J connectivity index is 2.52. The van der Waals surface area contributed by atoms with Gasteiger partial charge in [-0.2, -0.15) is 5.10 Å². The Bertz CT molecular complexity index is 613. The first-order chi connectivity index (χ1) is 10.1. The Labute approximate surface area is 122 Å². The molecule has 1 aromatic carbocycles. The van der Waals surface area contributed by atoms with Crippen LogP contribution < -0.4 is 10.1 Å². The van der Waals surface area contributed by atoms with Crippen LogP contribution in [-0.4, -0.2) is 23.4 Å². The van der Waals surface area contributed by atoms with E-state index in [-0.39, 0.29) is 5.56 Å². The molecule has 0 saturated carbocycles. The lowest BCUT2D eigenvalue weighted by Gasteiger charge is -2.21. The van der Waals surface area contributed by atoms with E-state index in [1.54, 1.807) is 17.9 Å². The summed E-state index contributed by atoms with van der Waals surface area (Å²) in [6.07, 6.45) is 2.43. The van der Waals surface area contributed by atoms with Gasteiger partial charge >= 0.3 is 0 Å². The van der Waals surface area contributed by atoms with Crippen LogP contribution in [0.1, 0.15) is 30.6 Å². The van der Waals surface area contributed by atoms with Gasteiger partial charge in [0.2, 0.25) is 0 Å². The van der Waals surface area contributed by atoms with Crippen molar-refractivity contribution in [3.63, 3.8) is 0 Å². The van der Waals surface area contributed by atoms with E-state index < -0.39 is 17.7 Å². The van der Waals surface area contributed by atoms with Crippen LogP contribution in [0.2, 0.25) is 0 Å². The highest BCUT2D eigenvalue weighted by Gasteiger charge is 2.25. The molecule has 0 radical (unpaired) electrons. The zero-order valence-corrected chi connectivity index (χ0v) is 12.4. The van der Waals surface area contributed by atoms with Crippen molar-refractivity contribution >= 4 is 0 Å². The average molecular weight is 295 g/mol. The lowest BCUT2D eigenvalue weighted by molar-refractivity contribution is 0.398. The topological polar surface area (TPSA) is 39.1 Å². The zero-order valence-electron chi connectivity index (χ0n) is 12.4. The zero-order chi connectivity index (χ0) is 15.4. The molecule has 114 valence electrons. The van der Waals surface area contributed by atoms with Gasteiger partial charge in [0.05, 0.1) is 19.3 Å². The summed E-state index contributed by atoms with van der Waals surface area (Å²) in [4.78, 5) is 0. The van der Waals surface area contributed by atoms with E-state index in [4.69, 9.17) is 4.74 Å². The van der Waals surface area contributed by atoms with Gasteiger partial charge < -0.3 is 10.1 Å². The van der Waals surface area contributed by atoms with Crippen LogP contribution in [0.4, 0.5) is 8.78 Å². The molecule has 0 bridgehead atoms. The van der Waals surface area contributed by atoms with E-state index in [0.29, 0.717) is 18.0 Å². The van der Waals surface area contributed by atoms with Crippen molar-refractivity contribution in [1.29, 1.82) is 0 Å². The lowest BCUT2D eigenvalue weighted by Crippen LogP contribution is -2.26. The molecule has 1 unspecified atom stereocenters. The van der Waals surface area contributed by atoms with Crippen LogP contribution >= 0.6 is 0 Å². The van der Waals surface area contributed by atoms with E-state index in [1.165, 1.54) is 13.2 Å². The van der Waals surface area contributed by atoms with E-state index >= 15 is 0 Å². The number of benzene rings is 1. The van der Waals surface area contributed by atoms with Crippen LogP contribution in [0.3, 0.4) is 0 Å². The SMILES string of the molecule is CCCNC(c1cc(F)ccc1F)c1c(OC)cnn1C. The third-order valence-corrected chi connectivity index (χ3v) is 3.31. The van der Waals surface area contributed by atoms with E-state index in [2.05, 4.69) is 10.4 Å². The fraction of sp³-hybridized carbons (Fsp3) is 0.400. The highest BCUT2D eigenvalue weighted by Crippen LogP contribution is 2.31. The van der Waals surface area contributed by atoms with Gasteiger partial charge in [-0.05, 0) is 31.2 Å². The third kappa shape index (κ3) is 3.21. The fourth-order valence-electron chi connectivity index (χ4n) is 2.29. The smallest absolute Gasteiger partial charge is 0.161 e. The molecule has 6 heteroatoms. The lowest BCUT2D eigenvalue weighted by atomic mass is 10.0. The largest absolute Gasteiger partial charge is 0.493 e. The molecular formula is C15H19F2N3O. The summed E-state index contributed by atoms with van der Waals surface area (Å²) in [7, 11) is 3.27. The molecule has 21 heavy (non-hydrogen) atoms. The van der Waals surface area contributed by atoms with Crippen molar-refractivity contribution in [3.8, 4) is 5.75 Å². The molecule has 0 amide bonds. The molecule has 0 spiro atoms. The third-order valence-electron chi connectivity index (χ3n) is 3.31. The number of aryl methyl sites for hydroxylation is 1. The van der Waals surface area contributed by atoms with E-state index in [9.17, 15) is 8.78 Å². The molecule has 0 aliphatic heterocycles. The summed E-state index contributed by atoms with van der Waals surface area (Å²) in [5.41, 5.74) is 0.904. The van der Waals surface area contributed by atoms with Gasteiger partial charge in [0.15, 0.2) is 5.75 Å². The fourth-order valence-corrected chi connectivity index (χ4v) is 2.29. The van der Waals surface area contributed by atoms with Crippen LogP contribution in [0.5, 0.6) is 5.75 Å². The molecular weight excluding hydrogens is 276 g/mol. The van der Waals surface area contributed by atoms with Crippen molar-refractivity contribution in [1.82, 2.24) is 15.1 Å². The minimum Gasteiger partial charge on any atom is -0.493 e. The Hall–Kier alpha value is -1.95. The van der Waals surface area contributed by atoms with Crippen LogP contribution in [0, 0.1) is 11.6 Å². The molecule has 1 atom stereocenters. The van der Waals surface area contributed by atoms with Gasteiger partial charge in [-0.25, -0.2) is 8.78 Å². The van der Waals surface area contributed by atoms with Crippen molar-refractivity contribution < 1.29 is 13.5 Å². The average Bonchev–Trinajstić information content (AvgIpc) is 2.84. The van der Waals surface area contributed by atoms with Gasteiger partial charge in [-0.1, -0.05) is 6.92 Å². The Morgan fingerprint density at radius 1 is 1.38 bits per heavy atom. The van der Waals surface area contributed by atoms with Crippen molar-refractivity contribution in [3.05, 3.63) is 47.3 Å². The number of aromatic nitrogens is 2. The predicted molar refractivity (Wildman–Crippen MR) is 76.3 cm³/mol. The first-order valence-corrected chi connectivity index (χ1v) is 6.82. The number of nitrogens with one attached hydrogen (secondary N) is 1. The number of ether oxygens (including phenoxy) is 1. The number of hydrogen-bond acceptors (Lipinski definition) is 3. The Morgan fingerprint density at radius 2 is 2.14 bits per heavy atom. The highest BCUT2D eigenvalue weighted by atomic mass is 19.1. The molecule has 4 nitrogen and oxygen atoms in total. The molecule has 2 aromatic rings. The first-order valence-electron chi connectivity index (χ1n) is 6.82. The van der Waals surface area contributed by atoms with Gasteiger partial charge in [0.25, 0.3) is 0 Å². The molecule has 2 rings (SSSR count). The van der Waals surface area contributed by atoms with E-state index in [0.717, 1.165) is 18.6 Å². The molecule has 0 aliphatic rings. The standard InChI is InChI=1S/C15H19F2N3O/c1-4-7-18-14(11-8-10(16)5-6-12(11)17)15-13(21-3)9-19-20(15)2/h5-6,8-9,14,18H,4,7H2,1-3H3. The van der Waals surface area contributed by atoms with Gasteiger partial charge in [0.1, 0.15) is 17.3 Å². The molecule has 0 saturated heterocycles. The minimum atomic E-state index is -0.525. The van der Waals surface area contributed by atoms with Gasteiger partial charge in [0, 0.05) is 12.6 Å². The van der Waals surface area contributed by atoms with Gasteiger partial charge in [-0.3, -0.25) is 4.68 Å². The summed E-state index contributed by atoms with van der Waals surface area (Å²) in [6, 6.07) is 2.92. The second-order valence-electron chi connectivity index (χ2n) is 4.77. The number of methoxy groups -OCH3 is 1. The normalized spacial score (nSPS) is 12.4. The van der Waals surface area contributed by atoms with Crippen LogP contribution in [-0.2, 0) is 7.05 Å². The molecule has 0 fully saturated rings. The molecule has 0 aliphatic carbocycles. The predicted octanol–water partition coefficient (Wildman–Crippen LogP) is 2.80. The monoisotopic (exact) mass is 295 g/mol. The quantitative estimate of drug-likeness (QED) is 0.890. The maximum absolute atomic E-state index is 14.1. The molecule has 1 heterocycles. The van der Waals surface area contributed by atoms with Crippen molar-refractivity contribution in [2.75, 3.05) is 13.7 Å². The number of hydrogen-bond donors (Lipinski definition) is 1. The number of halogens is 2. The maximum atomic E-state index is 14.1. The van der Waals surface area contributed by atoms with Crippen LogP contribution in [0.15, 0.2) is 24.4 Å². The highest BCUT2D eigenvalue weighted by molar-refractivity contribution is 5.37. The second-order valence-corrected chi connectivity index (χ2v) is 4.77. The summed E-state index contributed by atoms with van der Waals surface area (Å²) < 4.78 is 34.5. The summed E-state index contributed by atoms with van der Waals surface area (Å²) in [5, 5.41) is 7.35. The van der Waals surface area contributed by atoms with Crippen molar-refractivity contribution in [2.45, 2.75) is 19.4 Å². The summed E-state index contributed by atoms with van der Waals surface area (Å²) in [6.45, 7) is 2.67. The number of nitrogens with zero attached hydrogens (tertiary/aromatic N) is 2. The summed E-state index contributed by atoms with van der Waals surface area (Å²) in [5.74, 6) is -0.404. The van der Waals surface area contributed by atoms with Crippen LogP contribution in [0.25, 0.3) is 0 Å². The maximum Gasteiger partial charge on any atom is 0.161 e. The Morgan fingerprint density at radius 3 is 2.81 bits per heavy atom. The van der Waals surface area contributed by atoms with E-state index in [1.807, 2.05) is 6.92 Å². The first kappa shape index (κ1) is 15.4. The molecule has 1 N–H and O–H groups in total. The second kappa shape index (κ2) is 6.67. The minimum absolute atomic E-state index is 0.241. The summed E-state index contributed by atoms with van der Waals surface area (Å²) >= 11 is 0. The Kier molecular flexibility index (Phi) is 4.90. The molecule has 1 aromatic heterocycles. The van der Waals surface area contributed by atoms with Gasteiger partial charge in [-0.15, -0.1) is 0 Å². The number of rotatable bonds is 6.